The number of amides is 1. The maximum atomic E-state index is 14.0. The molecule has 1 fully saturated rings. The highest BCUT2D eigenvalue weighted by atomic mass is 19.1. The first-order chi connectivity index (χ1) is 15.1. The highest BCUT2D eigenvalue weighted by Crippen LogP contribution is 2.20. The molecule has 9 heteroatoms. The molecule has 3 rings (SSSR count). The van der Waals surface area contributed by atoms with Gasteiger partial charge in [-0.15, -0.1) is 0 Å². The van der Waals surface area contributed by atoms with E-state index < -0.39 is 0 Å². The van der Waals surface area contributed by atoms with Crippen molar-refractivity contribution in [3.05, 3.63) is 54.0 Å². The minimum Gasteiger partial charge on any atom is -0.484 e. The van der Waals surface area contributed by atoms with Crippen molar-refractivity contribution in [3.63, 3.8) is 0 Å². The minimum atomic E-state index is -0.306. The summed E-state index contributed by atoms with van der Waals surface area (Å²) in [4.78, 5) is 21.9. The van der Waals surface area contributed by atoms with Gasteiger partial charge in [0.15, 0.2) is 24.2 Å². The number of hydrogen-bond acceptors (Lipinski definition) is 5. The monoisotopic (exact) mass is 428 g/mol. The third-order valence-electron chi connectivity index (χ3n) is 4.89. The number of carbonyl (C=O) groups is 1. The Kier molecular flexibility index (Phi) is 8.03. The summed E-state index contributed by atoms with van der Waals surface area (Å²) in [5.41, 5.74) is 1.000. The molecule has 0 aliphatic carbocycles. The molecular formula is C22H29FN6O2. The molecule has 3 N–H and O–H groups in total. The van der Waals surface area contributed by atoms with Crippen molar-refractivity contribution >= 4 is 17.7 Å². The Labute approximate surface area is 181 Å². The van der Waals surface area contributed by atoms with Gasteiger partial charge in [0, 0.05) is 45.5 Å². The average Bonchev–Trinajstić information content (AvgIpc) is 3.24. The van der Waals surface area contributed by atoms with Gasteiger partial charge in [0.25, 0.3) is 5.91 Å². The summed E-state index contributed by atoms with van der Waals surface area (Å²) < 4.78 is 19.5. The van der Waals surface area contributed by atoms with Gasteiger partial charge in [0.05, 0.1) is 0 Å². The number of aliphatic imine (C=N–C) groups is 1. The van der Waals surface area contributed by atoms with Crippen LogP contribution in [0.15, 0.2) is 47.6 Å². The Morgan fingerprint density at radius 1 is 1.32 bits per heavy atom. The lowest BCUT2D eigenvalue weighted by atomic mass is 10.2. The van der Waals surface area contributed by atoms with Crippen LogP contribution in [0.1, 0.15) is 18.9 Å². The van der Waals surface area contributed by atoms with Crippen molar-refractivity contribution in [3.8, 4) is 5.75 Å². The molecule has 0 bridgehead atoms. The summed E-state index contributed by atoms with van der Waals surface area (Å²) in [5.74, 6) is 1.24. The second-order valence-corrected chi connectivity index (χ2v) is 7.20. The van der Waals surface area contributed by atoms with E-state index in [2.05, 4.69) is 25.9 Å². The van der Waals surface area contributed by atoms with Crippen molar-refractivity contribution in [1.82, 2.24) is 20.9 Å². The summed E-state index contributed by atoms with van der Waals surface area (Å²) in [6.07, 6.45) is 2.47. The fourth-order valence-corrected chi connectivity index (χ4v) is 3.40. The fraction of sp³-hybridized carbons (Fsp3) is 0.409. The van der Waals surface area contributed by atoms with Gasteiger partial charge in [0.2, 0.25) is 0 Å². The predicted molar refractivity (Wildman–Crippen MR) is 119 cm³/mol. The number of likely N-dealkylation sites (N-methyl/N-ethyl adjacent to an activating group) is 1. The molecule has 0 spiro atoms. The molecule has 1 saturated heterocycles. The molecule has 0 radical (unpaired) electrons. The number of pyridine rings is 1. The number of nitrogens with zero attached hydrogens (tertiary/aromatic N) is 3. The molecule has 2 heterocycles. The molecule has 31 heavy (non-hydrogen) atoms. The Bertz CT molecular complexity index is 907. The zero-order valence-electron chi connectivity index (χ0n) is 17.9. The van der Waals surface area contributed by atoms with Crippen molar-refractivity contribution < 1.29 is 13.9 Å². The lowest BCUT2D eigenvalue weighted by Gasteiger charge is -2.20. The number of carbonyl (C=O) groups excluding carboxylic acids is 1. The Morgan fingerprint density at radius 3 is 2.97 bits per heavy atom. The topological polar surface area (TPSA) is 90.9 Å². The molecule has 166 valence electrons. The first kappa shape index (κ1) is 22.3. The summed E-state index contributed by atoms with van der Waals surface area (Å²) in [6.45, 7) is 4.36. The second-order valence-electron chi connectivity index (χ2n) is 7.20. The number of ether oxygens (including phenoxy) is 1. The quantitative estimate of drug-likeness (QED) is 0.438. The fourth-order valence-electron chi connectivity index (χ4n) is 3.40. The van der Waals surface area contributed by atoms with Crippen LogP contribution >= 0.6 is 0 Å². The highest BCUT2D eigenvalue weighted by Gasteiger charge is 2.25. The molecule has 1 aliphatic rings. The maximum absolute atomic E-state index is 14.0. The lowest BCUT2D eigenvalue weighted by Crippen LogP contribution is -2.44. The van der Waals surface area contributed by atoms with Crippen LogP contribution in [0.3, 0.4) is 0 Å². The smallest absolute Gasteiger partial charge is 0.257 e. The maximum Gasteiger partial charge on any atom is 0.257 e. The van der Waals surface area contributed by atoms with E-state index in [4.69, 9.17) is 4.74 Å². The predicted octanol–water partition coefficient (Wildman–Crippen LogP) is 1.68. The van der Waals surface area contributed by atoms with Gasteiger partial charge >= 0.3 is 0 Å². The van der Waals surface area contributed by atoms with Gasteiger partial charge in [0.1, 0.15) is 5.75 Å². The van der Waals surface area contributed by atoms with E-state index in [1.54, 1.807) is 19.3 Å². The van der Waals surface area contributed by atoms with E-state index in [1.165, 1.54) is 6.07 Å². The molecule has 1 unspecified atom stereocenters. The lowest BCUT2D eigenvalue weighted by molar-refractivity contribution is -0.122. The van der Waals surface area contributed by atoms with E-state index in [0.29, 0.717) is 37.2 Å². The number of hydrogen-bond donors (Lipinski definition) is 3. The number of aromatic nitrogens is 1. The van der Waals surface area contributed by atoms with Crippen LogP contribution in [-0.4, -0.2) is 56.2 Å². The second kappa shape index (κ2) is 11.1. The SMILES string of the molecule is CCNC(=O)COc1cccc(CNC(=NC)NC2CCN(c3ncccc3F)C2)c1. The van der Waals surface area contributed by atoms with Crippen LogP contribution in [0.4, 0.5) is 10.2 Å². The molecule has 1 atom stereocenters. The third-order valence-corrected chi connectivity index (χ3v) is 4.89. The molecule has 0 saturated carbocycles. The van der Waals surface area contributed by atoms with Crippen molar-refractivity contribution in [2.45, 2.75) is 25.9 Å². The van der Waals surface area contributed by atoms with E-state index in [9.17, 15) is 9.18 Å². The van der Waals surface area contributed by atoms with Gasteiger partial charge in [-0.05, 0) is 43.2 Å². The number of nitrogens with one attached hydrogen (secondary N) is 3. The van der Waals surface area contributed by atoms with E-state index >= 15 is 0 Å². The number of guanidine groups is 1. The number of halogens is 1. The molecule has 8 nitrogen and oxygen atoms in total. The first-order valence-corrected chi connectivity index (χ1v) is 10.4. The average molecular weight is 429 g/mol. The van der Waals surface area contributed by atoms with Crippen LogP contribution in [-0.2, 0) is 11.3 Å². The molecule has 1 amide bonds. The zero-order valence-corrected chi connectivity index (χ0v) is 17.9. The first-order valence-electron chi connectivity index (χ1n) is 10.4. The largest absolute Gasteiger partial charge is 0.484 e. The normalized spacial score (nSPS) is 16.2. The summed E-state index contributed by atoms with van der Waals surface area (Å²) in [7, 11) is 1.71. The van der Waals surface area contributed by atoms with E-state index in [0.717, 1.165) is 18.5 Å². The Hall–Kier alpha value is -3.36. The summed E-state index contributed by atoms with van der Waals surface area (Å²) in [6, 6.07) is 10.7. The van der Waals surface area contributed by atoms with Gasteiger partial charge < -0.3 is 25.6 Å². The number of benzene rings is 1. The van der Waals surface area contributed by atoms with Crippen molar-refractivity contribution in [2.75, 3.05) is 38.2 Å². The van der Waals surface area contributed by atoms with Crippen LogP contribution in [0.2, 0.25) is 0 Å². The Morgan fingerprint density at radius 2 is 2.19 bits per heavy atom. The summed E-state index contributed by atoms with van der Waals surface area (Å²) in [5, 5.41) is 9.37. The van der Waals surface area contributed by atoms with Crippen LogP contribution in [0, 0.1) is 5.82 Å². The zero-order chi connectivity index (χ0) is 22.1. The van der Waals surface area contributed by atoms with Crippen LogP contribution in [0.5, 0.6) is 5.75 Å². The molecule has 1 aromatic heterocycles. The van der Waals surface area contributed by atoms with E-state index in [1.807, 2.05) is 36.1 Å². The third kappa shape index (κ3) is 6.56. The van der Waals surface area contributed by atoms with Gasteiger partial charge in [-0.25, -0.2) is 9.37 Å². The molecule has 1 aromatic carbocycles. The van der Waals surface area contributed by atoms with Crippen molar-refractivity contribution in [2.24, 2.45) is 4.99 Å². The number of rotatable bonds is 8. The van der Waals surface area contributed by atoms with Gasteiger partial charge in [-0.3, -0.25) is 9.79 Å². The molecule has 1 aliphatic heterocycles. The van der Waals surface area contributed by atoms with Gasteiger partial charge in [-0.2, -0.15) is 0 Å². The molecule has 2 aromatic rings. The minimum absolute atomic E-state index is 0.0109. The Balaban J connectivity index is 1.48. The standard InChI is InChI=1S/C22H29FN6O2/c1-3-25-20(30)15-31-18-7-4-6-16(12-18)13-27-22(24-2)28-17-9-11-29(14-17)21-19(23)8-5-10-26-21/h4-8,10,12,17H,3,9,11,13-15H2,1-2H3,(H,25,30)(H2,24,27,28). The van der Waals surface area contributed by atoms with Crippen LogP contribution < -0.4 is 25.6 Å². The van der Waals surface area contributed by atoms with Gasteiger partial charge in [-0.1, -0.05) is 12.1 Å². The van der Waals surface area contributed by atoms with E-state index in [-0.39, 0.29) is 24.4 Å². The van der Waals surface area contributed by atoms with Crippen molar-refractivity contribution in [1.29, 1.82) is 0 Å². The van der Waals surface area contributed by atoms with Crippen LogP contribution in [0.25, 0.3) is 0 Å². The highest BCUT2D eigenvalue weighted by molar-refractivity contribution is 5.80. The number of anilines is 1. The summed E-state index contributed by atoms with van der Waals surface area (Å²) >= 11 is 0. The molecular weight excluding hydrogens is 399 g/mol.